The Hall–Kier alpha value is -1.31. The van der Waals surface area contributed by atoms with Gasteiger partial charge in [-0.25, -0.2) is 0 Å². The molecule has 108 valence electrons. The number of hydrogen-bond acceptors (Lipinski definition) is 6. The highest BCUT2D eigenvalue weighted by Gasteiger charge is 2.30. The van der Waals surface area contributed by atoms with E-state index >= 15 is 0 Å². The molecule has 0 N–H and O–H groups in total. The standard InChI is InChI=1S/C10H17N3O5S/c1-19(15,16)17-7-3-2-4-8(12-13-11)9-5-6-10(14)18-9/h8-9H,2-7H2,1H3/t8-,9+/m1/s1. The monoisotopic (exact) mass is 291 g/mol. The summed E-state index contributed by atoms with van der Waals surface area (Å²) in [5, 5.41) is 3.63. The Morgan fingerprint density at radius 3 is 2.84 bits per heavy atom. The van der Waals surface area contributed by atoms with E-state index in [2.05, 4.69) is 14.2 Å². The summed E-state index contributed by atoms with van der Waals surface area (Å²) in [5.41, 5.74) is 8.49. The third kappa shape index (κ3) is 6.42. The van der Waals surface area contributed by atoms with Crippen molar-refractivity contribution >= 4 is 16.1 Å². The number of nitrogens with zero attached hydrogens (tertiary/aromatic N) is 3. The topological polar surface area (TPSA) is 118 Å². The lowest BCUT2D eigenvalue weighted by Gasteiger charge is -2.17. The zero-order valence-electron chi connectivity index (χ0n) is 10.7. The van der Waals surface area contributed by atoms with Crippen molar-refractivity contribution in [3.63, 3.8) is 0 Å². The van der Waals surface area contributed by atoms with Crippen LogP contribution in [-0.2, 0) is 23.8 Å². The number of carbonyl (C=O) groups excluding carboxylic acids is 1. The average Bonchev–Trinajstić information content (AvgIpc) is 2.72. The van der Waals surface area contributed by atoms with Crippen LogP contribution in [0.3, 0.4) is 0 Å². The fourth-order valence-electron chi connectivity index (χ4n) is 1.87. The largest absolute Gasteiger partial charge is 0.462 e. The fourth-order valence-corrected chi connectivity index (χ4v) is 2.29. The normalized spacial score (nSPS) is 20.7. The first kappa shape index (κ1) is 15.7. The maximum atomic E-state index is 11.0. The van der Waals surface area contributed by atoms with E-state index < -0.39 is 16.2 Å². The molecule has 1 heterocycles. The van der Waals surface area contributed by atoms with Gasteiger partial charge in [-0.2, -0.15) is 8.42 Å². The second kappa shape index (κ2) is 7.32. The van der Waals surface area contributed by atoms with Gasteiger partial charge in [0.25, 0.3) is 10.1 Å². The van der Waals surface area contributed by atoms with Crippen LogP contribution in [-0.4, -0.2) is 39.4 Å². The van der Waals surface area contributed by atoms with Crippen molar-refractivity contribution in [3.05, 3.63) is 10.4 Å². The second-order valence-electron chi connectivity index (χ2n) is 4.36. The molecule has 0 amide bonds. The maximum Gasteiger partial charge on any atom is 0.306 e. The molecule has 1 aliphatic rings. The molecule has 0 radical (unpaired) electrons. The van der Waals surface area contributed by atoms with Crippen molar-refractivity contribution in [1.29, 1.82) is 0 Å². The summed E-state index contributed by atoms with van der Waals surface area (Å²) in [6, 6.07) is -0.394. The van der Waals surface area contributed by atoms with E-state index in [0.717, 1.165) is 6.26 Å². The molecule has 0 aromatic carbocycles. The molecule has 9 heteroatoms. The molecule has 0 aromatic heterocycles. The first-order valence-corrected chi connectivity index (χ1v) is 7.82. The average molecular weight is 291 g/mol. The number of ether oxygens (including phenoxy) is 1. The van der Waals surface area contributed by atoms with Gasteiger partial charge in [-0.3, -0.25) is 8.98 Å². The van der Waals surface area contributed by atoms with Crippen LogP contribution in [0, 0.1) is 0 Å². The van der Waals surface area contributed by atoms with Crippen LogP contribution in [0.1, 0.15) is 32.1 Å². The van der Waals surface area contributed by atoms with Gasteiger partial charge in [0, 0.05) is 11.3 Å². The molecule has 0 aliphatic carbocycles. The SMILES string of the molecule is CS(=O)(=O)OCCCC[C@@H](N=[N+]=[N-])[C@@H]1CCC(=O)O1. The third-order valence-corrected chi connectivity index (χ3v) is 3.33. The lowest BCUT2D eigenvalue weighted by molar-refractivity contribution is -0.142. The molecule has 19 heavy (non-hydrogen) atoms. The lowest BCUT2D eigenvalue weighted by atomic mass is 10.0. The Morgan fingerprint density at radius 2 is 2.32 bits per heavy atom. The number of carbonyl (C=O) groups is 1. The lowest BCUT2D eigenvalue weighted by Crippen LogP contribution is -2.23. The van der Waals surface area contributed by atoms with E-state index in [1.54, 1.807) is 0 Å². The number of esters is 1. The summed E-state index contributed by atoms with van der Waals surface area (Å²) in [4.78, 5) is 13.8. The summed E-state index contributed by atoms with van der Waals surface area (Å²) in [6.45, 7) is 0.103. The minimum absolute atomic E-state index is 0.103. The van der Waals surface area contributed by atoms with Crippen LogP contribution in [0.2, 0.25) is 0 Å². The maximum absolute atomic E-state index is 11.0. The molecule has 0 aromatic rings. The van der Waals surface area contributed by atoms with Gasteiger partial charge in [0.05, 0.1) is 18.9 Å². The highest BCUT2D eigenvalue weighted by atomic mass is 32.2. The van der Waals surface area contributed by atoms with Gasteiger partial charge in [-0.15, -0.1) is 0 Å². The molecule has 0 unspecified atom stereocenters. The molecule has 0 spiro atoms. The highest BCUT2D eigenvalue weighted by molar-refractivity contribution is 7.85. The molecule has 0 bridgehead atoms. The van der Waals surface area contributed by atoms with Gasteiger partial charge in [0.1, 0.15) is 6.10 Å². The fraction of sp³-hybridized carbons (Fsp3) is 0.900. The van der Waals surface area contributed by atoms with Gasteiger partial charge in [0.2, 0.25) is 0 Å². The van der Waals surface area contributed by atoms with Crippen molar-refractivity contribution < 1.29 is 22.1 Å². The zero-order chi connectivity index (χ0) is 14.3. The predicted molar refractivity (Wildman–Crippen MR) is 66.7 cm³/mol. The van der Waals surface area contributed by atoms with Crippen molar-refractivity contribution in [1.82, 2.24) is 0 Å². The van der Waals surface area contributed by atoms with E-state index in [4.69, 9.17) is 10.3 Å². The van der Waals surface area contributed by atoms with Crippen LogP contribution < -0.4 is 0 Å². The highest BCUT2D eigenvalue weighted by Crippen LogP contribution is 2.22. The number of rotatable bonds is 8. The van der Waals surface area contributed by atoms with Gasteiger partial charge >= 0.3 is 5.97 Å². The van der Waals surface area contributed by atoms with Crippen LogP contribution in [0.15, 0.2) is 5.11 Å². The summed E-state index contributed by atoms with van der Waals surface area (Å²) < 4.78 is 31.1. The Labute approximate surface area is 111 Å². The minimum atomic E-state index is -3.41. The number of unbranched alkanes of at least 4 members (excludes halogenated alkanes) is 1. The van der Waals surface area contributed by atoms with Gasteiger partial charge in [-0.05, 0) is 24.8 Å². The molecular formula is C10H17N3O5S. The van der Waals surface area contributed by atoms with Gasteiger partial charge in [-0.1, -0.05) is 11.5 Å². The number of cyclic esters (lactones) is 1. The van der Waals surface area contributed by atoms with Crippen LogP contribution in [0.5, 0.6) is 0 Å². The minimum Gasteiger partial charge on any atom is -0.462 e. The van der Waals surface area contributed by atoms with E-state index in [0.29, 0.717) is 32.1 Å². The Morgan fingerprint density at radius 1 is 1.58 bits per heavy atom. The number of azide groups is 1. The van der Waals surface area contributed by atoms with Crippen LogP contribution in [0.4, 0.5) is 0 Å². The van der Waals surface area contributed by atoms with Crippen LogP contribution >= 0.6 is 0 Å². The van der Waals surface area contributed by atoms with Crippen LogP contribution in [0.25, 0.3) is 10.4 Å². The van der Waals surface area contributed by atoms with E-state index in [9.17, 15) is 13.2 Å². The summed E-state index contributed by atoms with van der Waals surface area (Å²) in [6.07, 6.45) is 3.24. The summed E-state index contributed by atoms with van der Waals surface area (Å²) in [5.74, 6) is -0.274. The van der Waals surface area contributed by atoms with E-state index in [1.807, 2.05) is 0 Å². The van der Waals surface area contributed by atoms with Gasteiger partial charge < -0.3 is 4.74 Å². The quantitative estimate of drug-likeness (QED) is 0.168. The van der Waals surface area contributed by atoms with E-state index in [-0.39, 0.29) is 18.7 Å². The van der Waals surface area contributed by atoms with Crippen molar-refractivity contribution in [2.45, 2.75) is 44.2 Å². The molecule has 1 aliphatic heterocycles. The van der Waals surface area contributed by atoms with Crippen molar-refractivity contribution in [2.75, 3.05) is 12.9 Å². The second-order valence-corrected chi connectivity index (χ2v) is 6.01. The Kier molecular flexibility index (Phi) is 6.07. The number of hydrogen-bond donors (Lipinski definition) is 0. The first-order valence-electron chi connectivity index (χ1n) is 6.00. The molecule has 1 rings (SSSR count). The summed E-state index contributed by atoms with van der Waals surface area (Å²) >= 11 is 0. The first-order chi connectivity index (χ1) is 8.92. The third-order valence-electron chi connectivity index (χ3n) is 2.74. The molecule has 2 atom stereocenters. The summed E-state index contributed by atoms with van der Waals surface area (Å²) in [7, 11) is -3.41. The smallest absolute Gasteiger partial charge is 0.306 e. The molecule has 1 saturated heterocycles. The Balaban J connectivity index is 2.30. The zero-order valence-corrected chi connectivity index (χ0v) is 11.5. The molecule has 0 saturated carbocycles. The van der Waals surface area contributed by atoms with E-state index in [1.165, 1.54) is 0 Å². The Bertz CT molecular complexity index is 458. The van der Waals surface area contributed by atoms with Gasteiger partial charge in [0.15, 0.2) is 0 Å². The molecule has 8 nitrogen and oxygen atoms in total. The predicted octanol–water partition coefficient (Wildman–Crippen LogP) is 1.52. The van der Waals surface area contributed by atoms with Crippen molar-refractivity contribution in [3.8, 4) is 0 Å². The van der Waals surface area contributed by atoms with Crippen molar-refractivity contribution in [2.24, 2.45) is 5.11 Å². The molecule has 1 fully saturated rings. The molecular weight excluding hydrogens is 274 g/mol.